The molecule has 0 fully saturated rings. The third-order valence-corrected chi connectivity index (χ3v) is 2.21. The summed E-state index contributed by atoms with van der Waals surface area (Å²) >= 11 is 0. The Kier molecular flexibility index (Phi) is 3.47. The molecule has 1 atom stereocenters. The molecule has 1 rings (SSSR count). The summed E-state index contributed by atoms with van der Waals surface area (Å²) in [6.45, 7) is 7.76. The van der Waals surface area contributed by atoms with E-state index in [0.717, 1.165) is 23.4 Å². The summed E-state index contributed by atoms with van der Waals surface area (Å²) in [7, 11) is 1.86. The van der Waals surface area contributed by atoms with Crippen LogP contribution in [-0.4, -0.2) is 14.9 Å². The van der Waals surface area contributed by atoms with Gasteiger partial charge in [0.2, 0.25) is 0 Å². The average Bonchev–Trinajstić information content (AvgIpc) is 2.45. The summed E-state index contributed by atoms with van der Waals surface area (Å²) in [5.41, 5.74) is 2.87. The summed E-state index contributed by atoms with van der Waals surface area (Å²) in [4.78, 5) is 0. The van der Waals surface area contributed by atoms with Crippen molar-refractivity contribution in [3.63, 3.8) is 0 Å². The van der Waals surface area contributed by atoms with Crippen LogP contribution >= 0.6 is 0 Å². The highest BCUT2D eigenvalue weighted by Gasteiger charge is 2.13. The number of hydrogen-bond acceptors (Lipinski definition) is 2. The van der Waals surface area contributed by atoms with Crippen LogP contribution in [0.25, 0.3) is 0 Å². The molecule has 1 N–H and O–H groups in total. The molecule has 1 unspecified atom stereocenters. The minimum atomic E-state index is -0.481. The first-order chi connectivity index (χ1) is 6.54. The Hall–Kier alpha value is -1.09. The Morgan fingerprint density at radius 1 is 1.71 bits per heavy atom. The Balaban J connectivity index is 2.83. The minimum Gasteiger partial charge on any atom is -0.386 e. The van der Waals surface area contributed by atoms with E-state index in [2.05, 4.69) is 18.6 Å². The first-order valence-corrected chi connectivity index (χ1v) is 4.89. The van der Waals surface area contributed by atoms with Gasteiger partial charge in [-0.05, 0) is 25.8 Å². The quantitative estimate of drug-likeness (QED) is 0.744. The third kappa shape index (κ3) is 2.45. The number of aromatic nitrogens is 2. The number of rotatable bonds is 4. The highest BCUT2D eigenvalue weighted by atomic mass is 16.3. The van der Waals surface area contributed by atoms with Crippen LogP contribution < -0.4 is 0 Å². The van der Waals surface area contributed by atoms with Gasteiger partial charge in [-0.1, -0.05) is 12.5 Å². The molecular weight excluding hydrogens is 176 g/mol. The molecule has 0 saturated heterocycles. The highest BCUT2D eigenvalue weighted by molar-refractivity contribution is 5.14. The van der Waals surface area contributed by atoms with Crippen LogP contribution in [0, 0.1) is 0 Å². The largest absolute Gasteiger partial charge is 0.386 e. The van der Waals surface area contributed by atoms with Crippen LogP contribution in [-0.2, 0) is 13.5 Å². The molecule has 1 heterocycles. The molecule has 0 spiro atoms. The Morgan fingerprint density at radius 2 is 2.36 bits per heavy atom. The lowest BCUT2D eigenvalue weighted by Gasteiger charge is -2.09. The van der Waals surface area contributed by atoms with Gasteiger partial charge in [-0.2, -0.15) is 5.10 Å². The molecule has 0 bridgehead atoms. The Morgan fingerprint density at radius 3 is 2.79 bits per heavy atom. The summed E-state index contributed by atoms with van der Waals surface area (Å²) in [6.07, 6.45) is 1.02. The molecule has 0 radical (unpaired) electrons. The lowest BCUT2D eigenvalue weighted by molar-refractivity contribution is 0.168. The molecule has 0 aliphatic rings. The van der Waals surface area contributed by atoms with Crippen molar-refractivity contribution in [2.75, 3.05) is 0 Å². The maximum atomic E-state index is 9.86. The van der Waals surface area contributed by atoms with Gasteiger partial charge in [0.1, 0.15) is 0 Å². The van der Waals surface area contributed by atoms with Crippen LogP contribution in [0.3, 0.4) is 0 Å². The highest BCUT2D eigenvalue weighted by Crippen LogP contribution is 2.20. The van der Waals surface area contributed by atoms with Gasteiger partial charge >= 0.3 is 0 Å². The van der Waals surface area contributed by atoms with E-state index in [1.807, 2.05) is 20.0 Å². The second kappa shape index (κ2) is 4.42. The van der Waals surface area contributed by atoms with Crippen LogP contribution in [0.4, 0.5) is 0 Å². The fourth-order valence-corrected chi connectivity index (χ4v) is 1.46. The Labute approximate surface area is 85.1 Å². The molecule has 0 saturated carbocycles. The van der Waals surface area contributed by atoms with Gasteiger partial charge in [0.05, 0.1) is 17.5 Å². The van der Waals surface area contributed by atoms with E-state index in [1.165, 1.54) is 0 Å². The topological polar surface area (TPSA) is 38.1 Å². The molecule has 78 valence electrons. The van der Waals surface area contributed by atoms with Gasteiger partial charge in [-0.25, -0.2) is 0 Å². The molecule has 14 heavy (non-hydrogen) atoms. The SMILES string of the molecule is C=C(C)CC(O)c1cc(CC)nn1C. The van der Waals surface area contributed by atoms with E-state index in [1.54, 1.807) is 4.68 Å². The summed E-state index contributed by atoms with van der Waals surface area (Å²) in [6, 6.07) is 1.95. The summed E-state index contributed by atoms with van der Waals surface area (Å²) in [5, 5.41) is 14.1. The second-order valence-corrected chi connectivity index (χ2v) is 3.71. The Bertz CT molecular complexity index is 328. The zero-order valence-electron chi connectivity index (χ0n) is 9.12. The van der Waals surface area contributed by atoms with E-state index >= 15 is 0 Å². The normalized spacial score (nSPS) is 12.9. The van der Waals surface area contributed by atoms with Crippen molar-refractivity contribution in [1.29, 1.82) is 0 Å². The van der Waals surface area contributed by atoms with Crippen LogP contribution in [0.1, 0.15) is 37.8 Å². The van der Waals surface area contributed by atoms with E-state index in [-0.39, 0.29) is 0 Å². The van der Waals surface area contributed by atoms with E-state index < -0.39 is 6.10 Å². The molecule has 0 aromatic carbocycles. The van der Waals surface area contributed by atoms with Gasteiger partial charge in [0, 0.05) is 7.05 Å². The monoisotopic (exact) mass is 194 g/mol. The molecular formula is C11H18N2O. The third-order valence-electron chi connectivity index (χ3n) is 2.21. The van der Waals surface area contributed by atoms with Gasteiger partial charge in [0.25, 0.3) is 0 Å². The van der Waals surface area contributed by atoms with Crippen molar-refractivity contribution in [3.05, 3.63) is 29.6 Å². The number of nitrogens with zero attached hydrogens (tertiary/aromatic N) is 2. The number of aliphatic hydroxyl groups excluding tert-OH is 1. The standard InChI is InChI=1S/C11H18N2O/c1-5-9-7-10(13(4)12-9)11(14)6-8(2)3/h7,11,14H,2,5-6H2,1,3-4H3. The fraction of sp³-hybridized carbons (Fsp3) is 0.545. The number of hydrogen-bond donors (Lipinski definition) is 1. The fourth-order valence-electron chi connectivity index (χ4n) is 1.46. The molecule has 0 aliphatic carbocycles. The van der Waals surface area contributed by atoms with Crippen LogP contribution in [0.5, 0.6) is 0 Å². The zero-order chi connectivity index (χ0) is 10.7. The van der Waals surface area contributed by atoms with E-state index in [9.17, 15) is 5.11 Å². The molecule has 0 amide bonds. The van der Waals surface area contributed by atoms with E-state index in [4.69, 9.17) is 0 Å². The smallest absolute Gasteiger partial charge is 0.0993 e. The van der Waals surface area contributed by atoms with Crippen molar-refractivity contribution in [3.8, 4) is 0 Å². The summed E-state index contributed by atoms with van der Waals surface area (Å²) in [5.74, 6) is 0. The van der Waals surface area contributed by atoms with Gasteiger partial charge in [0.15, 0.2) is 0 Å². The predicted molar refractivity (Wildman–Crippen MR) is 57.0 cm³/mol. The van der Waals surface area contributed by atoms with Crippen molar-refractivity contribution in [2.45, 2.75) is 32.8 Å². The second-order valence-electron chi connectivity index (χ2n) is 3.71. The average molecular weight is 194 g/mol. The minimum absolute atomic E-state index is 0.481. The maximum Gasteiger partial charge on any atom is 0.0993 e. The lowest BCUT2D eigenvalue weighted by Crippen LogP contribution is -2.05. The van der Waals surface area contributed by atoms with Gasteiger partial charge in [-0.3, -0.25) is 4.68 Å². The summed E-state index contributed by atoms with van der Waals surface area (Å²) < 4.78 is 1.74. The molecule has 3 heteroatoms. The molecule has 1 aromatic heterocycles. The maximum absolute atomic E-state index is 9.86. The van der Waals surface area contributed by atoms with Crippen molar-refractivity contribution < 1.29 is 5.11 Å². The zero-order valence-corrected chi connectivity index (χ0v) is 9.12. The lowest BCUT2D eigenvalue weighted by atomic mass is 10.1. The van der Waals surface area contributed by atoms with Crippen LogP contribution in [0.2, 0.25) is 0 Å². The first kappa shape index (κ1) is 11.0. The van der Waals surface area contributed by atoms with Gasteiger partial charge in [-0.15, -0.1) is 6.58 Å². The van der Waals surface area contributed by atoms with Crippen molar-refractivity contribution >= 4 is 0 Å². The molecule has 3 nitrogen and oxygen atoms in total. The molecule has 0 aliphatic heterocycles. The predicted octanol–water partition coefficient (Wildman–Crippen LogP) is 1.98. The van der Waals surface area contributed by atoms with Crippen molar-refractivity contribution in [1.82, 2.24) is 9.78 Å². The molecule has 1 aromatic rings. The number of aliphatic hydroxyl groups is 1. The van der Waals surface area contributed by atoms with Gasteiger partial charge < -0.3 is 5.11 Å². The number of aryl methyl sites for hydroxylation is 2. The van der Waals surface area contributed by atoms with Crippen LogP contribution in [0.15, 0.2) is 18.2 Å². The first-order valence-electron chi connectivity index (χ1n) is 4.89. The van der Waals surface area contributed by atoms with Crippen molar-refractivity contribution in [2.24, 2.45) is 7.05 Å². The van der Waals surface area contributed by atoms with E-state index in [0.29, 0.717) is 6.42 Å².